The molecule has 0 aliphatic carbocycles. The third kappa shape index (κ3) is 5.33. The van der Waals surface area contributed by atoms with Gasteiger partial charge in [0.2, 0.25) is 10.0 Å². The van der Waals surface area contributed by atoms with E-state index in [2.05, 4.69) is 37.9 Å². The van der Waals surface area contributed by atoms with Crippen LogP contribution >= 0.6 is 0 Å². The normalized spacial score (nSPS) is 16.4. The van der Waals surface area contributed by atoms with Gasteiger partial charge in [0.25, 0.3) is 5.91 Å². The minimum Gasteiger partial charge on any atom is -0.349 e. The van der Waals surface area contributed by atoms with Gasteiger partial charge in [-0.3, -0.25) is 9.69 Å². The van der Waals surface area contributed by atoms with Crippen LogP contribution in [0.15, 0.2) is 17.2 Å². The molecule has 0 unspecified atom stereocenters. The van der Waals surface area contributed by atoms with Gasteiger partial charge in [0.15, 0.2) is 0 Å². The van der Waals surface area contributed by atoms with E-state index in [1.165, 1.54) is 16.6 Å². The number of nitrogens with one attached hydrogen (secondary N) is 1. The van der Waals surface area contributed by atoms with Crippen LogP contribution in [0.1, 0.15) is 57.4 Å². The molecule has 154 valence electrons. The average Bonchev–Trinajstić information content (AvgIpc) is 3.01. The second kappa shape index (κ2) is 9.21. The second-order valence-corrected chi connectivity index (χ2v) is 9.76. The largest absolute Gasteiger partial charge is 0.349 e. The number of amides is 1. The fourth-order valence-electron chi connectivity index (χ4n) is 3.66. The number of sulfonamides is 1. The topological polar surface area (TPSA) is 74.7 Å². The zero-order chi connectivity index (χ0) is 20.2. The van der Waals surface area contributed by atoms with E-state index >= 15 is 0 Å². The molecule has 2 rings (SSSR count). The van der Waals surface area contributed by atoms with Crippen molar-refractivity contribution in [1.29, 1.82) is 0 Å². The molecule has 1 aliphatic rings. The maximum absolute atomic E-state index is 12.8. The van der Waals surface area contributed by atoms with Crippen LogP contribution < -0.4 is 5.32 Å². The Hall–Kier alpha value is -1.38. The molecule has 0 atom stereocenters. The highest BCUT2D eigenvalue weighted by atomic mass is 32.2. The van der Waals surface area contributed by atoms with Crippen LogP contribution in [0.25, 0.3) is 0 Å². The minimum atomic E-state index is -3.53. The maximum Gasteiger partial charge on any atom is 0.267 e. The van der Waals surface area contributed by atoms with Crippen molar-refractivity contribution in [2.45, 2.75) is 63.9 Å². The summed E-state index contributed by atoms with van der Waals surface area (Å²) in [5, 5.41) is 2.91. The van der Waals surface area contributed by atoms with Crippen LogP contribution in [0.3, 0.4) is 0 Å². The summed E-state index contributed by atoms with van der Waals surface area (Å²) < 4.78 is 28.7. The Kier molecular flexibility index (Phi) is 7.47. The molecule has 0 radical (unpaired) electrons. The zero-order valence-corrected chi connectivity index (χ0v) is 18.1. The Morgan fingerprint density at radius 1 is 1.15 bits per heavy atom. The summed E-state index contributed by atoms with van der Waals surface area (Å²) in [5.74, 6) is -0.245. The molecule has 27 heavy (non-hydrogen) atoms. The number of carbonyl (C=O) groups is 1. The molecular formula is C19H34N4O3S. The Labute approximate surface area is 163 Å². The van der Waals surface area contributed by atoms with E-state index in [1.807, 2.05) is 0 Å². The fraction of sp³-hybridized carbons (Fsp3) is 0.737. The summed E-state index contributed by atoms with van der Waals surface area (Å²) in [7, 11) is -1.82. The van der Waals surface area contributed by atoms with Gasteiger partial charge in [-0.25, -0.2) is 8.42 Å². The van der Waals surface area contributed by atoms with Crippen molar-refractivity contribution >= 4 is 15.9 Å². The molecule has 1 aromatic heterocycles. The van der Waals surface area contributed by atoms with Crippen LogP contribution in [0.4, 0.5) is 0 Å². The lowest BCUT2D eigenvalue weighted by atomic mass is 10.2. The van der Waals surface area contributed by atoms with Gasteiger partial charge in [0.1, 0.15) is 10.6 Å². The van der Waals surface area contributed by atoms with Gasteiger partial charge in [-0.05, 0) is 46.6 Å². The third-order valence-corrected chi connectivity index (χ3v) is 7.01. The van der Waals surface area contributed by atoms with Gasteiger partial charge in [-0.2, -0.15) is 4.31 Å². The SMILES string of the molecule is CC(C)N(CCNC(=O)c1cc(S(=O)(=O)N2CCCCC2)cn1C)C(C)C. The maximum atomic E-state index is 12.8. The van der Waals surface area contributed by atoms with Crippen molar-refractivity contribution in [3.63, 3.8) is 0 Å². The molecule has 1 fully saturated rings. The molecule has 0 aromatic carbocycles. The molecular weight excluding hydrogens is 364 g/mol. The predicted octanol–water partition coefficient (Wildman–Crippen LogP) is 2.05. The Morgan fingerprint density at radius 3 is 2.30 bits per heavy atom. The molecule has 0 spiro atoms. The van der Waals surface area contributed by atoms with E-state index in [0.717, 1.165) is 25.8 Å². The number of aromatic nitrogens is 1. The van der Waals surface area contributed by atoms with E-state index in [4.69, 9.17) is 0 Å². The molecule has 0 bridgehead atoms. The number of rotatable bonds is 8. The summed E-state index contributed by atoms with van der Waals surface area (Å²) in [6.45, 7) is 10.9. The summed E-state index contributed by atoms with van der Waals surface area (Å²) in [6.07, 6.45) is 4.38. The number of hydrogen-bond donors (Lipinski definition) is 1. The summed E-state index contributed by atoms with van der Waals surface area (Å²) in [5.41, 5.74) is 0.367. The standard InChI is InChI=1S/C19H34N4O3S/c1-15(2)23(16(3)4)12-9-20-19(24)18-13-17(14-21(18)5)27(25,26)22-10-7-6-8-11-22/h13-16H,6-12H2,1-5H3,(H,20,24). The van der Waals surface area contributed by atoms with Crippen molar-refractivity contribution in [3.8, 4) is 0 Å². The molecule has 8 heteroatoms. The van der Waals surface area contributed by atoms with Gasteiger partial charge in [0.05, 0.1) is 0 Å². The van der Waals surface area contributed by atoms with Gasteiger partial charge < -0.3 is 9.88 Å². The Balaban J connectivity index is 2.03. The van der Waals surface area contributed by atoms with E-state index in [1.54, 1.807) is 11.6 Å². The van der Waals surface area contributed by atoms with Crippen LogP contribution in [0.2, 0.25) is 0 Å². The quantitative estimate of drug-likeness (QED) is 0.727. The number of hydrogen-bond acceptors (Lipinski definition) is 4. The van der Waals surface area contributed by atoms with Crippen LogP contribution in [-0.2, 0) is 17.1 Å². The van der Waals surface area contributed by atoms with E-state index in [-0.39, 0.29) is 10.8 Å². The highest BCUT2D eigenvalue weighted by molar-refractivity contribution is 7.89. The van der Waals surface area contributed by atoms with Crippen LogP contribution in [0.5, 0.6) is 0 Å². The monoisotopic (exact) mass is 398 g/mol. The number of aryl methyl sites for hydroxylation is 1. The molecule has 1 aliphatic heterocycles. The predicted molar refractivity (Wildman–Crippen MR) is 107 cm³/mol. The van der Waals surface area contributed by atoms with Gasteiger partial charge >= 0.3 is 0 Å². The third-order valence-electron chi connectivity index (χ3n) is 5.15. The van der Waals surface area contributed by atoms with Crippen molar-refractivity contribution in [2.24, 2.45) is 7.05 Å². The highest BCUT2D eigenvalue weighted by Gasteiger charge is 2.28. The average molecular weight is 399 g/mol. The number of piperidine rings is 1. The molecule has 7 nitrogen and oxygen atoms in total. The van der Waals surface area contributed by atoms with Crippen LogP contribution in [-0.4, -0.2) is 66.4 Å². The first kappa shape index (κ1) is 21.9. The summed E-state index contributed by atoms with van der Waals surface area (Å²) in [6, 6.07) is 2.29. The molecule has 2 heterocycles. The molecule has 1 amide bonds. The Bertz CT molecular complexity index is 726. The smallest absolute Gasteiger partial charge is 0.267 e. The van der Waals surface area contributed by atoms with E-state index < -0.39 is 10.0 Å². The lowest BCUT2D eigenvalue weighted by molar-refractivity contribution is 0.0931. The van der Waals surface area contributed by atoms with Gasteiger partial charge in [0, 0.05) is 51.5 Å². The molecule has 1 N–H and O–H groups in total. The first-order valence-electron chi connectivity index (χ1n) is 9.85. The molecule has 0 saturated carbocycles. The minimum absolute atomic E-state index is 0.197. The summed E-state index contributed by atoms with van der Waals surface area (Å²) in [4.78, 5) is 15.0. The van der Waals surface area contributed by atoms with Crippen LogP contribution in [0, 0.1) is 0 Å². The fourth-order valence-corrected chi connectivity index (χ4v) is 5.25. The van der Waals surface area contributed by atoms with Gasteiger partial charge in [-0.1, -0.05) is 6.42 Å². The van der Waals surface area contributed by atoms with Crippen molar-refractivity contribution < 1.29 is 13.2 Å². The van der Waals surface area contributed by atoms with Crippen molar-refractivity contribution in [3.05, 3.63) is 18.0 Å². The molecule has 1 aromatic rings. The zero-order valence-electron chi connectivity index (χ0n) is 17.2. The number of nitrogens with zero attached hydrogens (tertiary/aromatic N) is 3. The Morgan fingerprint density at radius 2 is 1.74 bits per heavy atom. The van der Waals surface area contributed by atoms with E-state index in [9.17, 15) is 13.2 Å². The second-order valence-electron chi connectivity index (χ2n) is 7.82. The van der Waals surface area contributed by atoms with Crippen molar-refractivity contribution in [2.75, 3.05) is 26.2 Å². The summed E-state index contributed by atoms with van der Waals surface area (Å²) >= 11 is 0. The first-order chi connectivity index (χ1) is 12.6. The van der Waals surface area contributed by atoms with E-state index in [0.29, 0.717) is 37.4 Å². The van der Waals surface area contributed by atoms with Crippen molar-refractivity contribution in [1.82, 2.24) is 19.1 Å². The number of carbonyl (C=O) groups excluding carboxylic acids is 1. The lowest BCUT2D eigenvalue weighted by Gasteiger charge is -2.30. The molecule has 1 saturated heterocycles. The van der Waals surface area contributed by atoms with Gasteiger partial charge in [-0.15, -0.1) is 0 Å². The lowest BCUT2D eigenvalue weighted by Crippen LogP contribution is -2.42. The highest BCUT2D eigenvalue weighted by Crippen LogP contribution is 2.22. The first-order valence-corrected chi connectivity index (χ1v) is 11.3.